The fourth-order valence-electron chi connectivity index (χ4n) is 4.27. The zero-order valence-electron chi connectivity index (χ0n) is 21.6. The van der Waals surface area contributed by atoms with E-state index in [1.165, 1.54) is 16.7 Å². The average molecular weight is 453 g/mol. The number of carboxylic acid groups (broad SMARTS) is 1. The zero-order valence-corrected chi connectivity index (χ0v) is 21.6. The standard InChI is InChI=1S/C29H40O4/c1-19(2)11-9-12-20(3)13-10-14-21(4)17-29(8)16-15-25-24(7)27(32-18-26(30)31)22(5)23(6)28(25)33-29/h10-11,13-14,17H,9,12,15-16,18H2,1-8H3,(H,30,31)/b14-10+,20-13+,21-17+/t29-/m0/s1. The molecule has 1 aliphatic heterocycles. The van der Waals surface area contributed by atoms with Crippen LogP contribution in [-0.4, -0.2) is 23.3 Å². The predicted octanol–water partition coefficient (Wildman–Crippen LogP) is 7.35. The molecule has 0 aliphatic carbocycles. The molecule has 0 fully saturated rings. The highest BCUT2D eigenvalue weighted by Gasteiger charge is 2.33. The summed E-state index contributed by atoms with van der Waals surface area (Å²) in [6.45, 7) is 16.3. The minimum Gasteiger partial charge on any atom is -0.483 e. The maximum atomic E-state index is 11.0. The van der Waals surface area contributed by atoms with Gasteiger partial charge in [0.2, 0.25) is 0 Å². The highest BCUT2D eigenvalue weighted by atomic mass is 16.5. The van der Waals surface area contributed by atoms with E-state index >= 15 is 0 Å². The van der Waals surface area contributed by atoms with Gasteiger partial charge in [-0.15, -0.1) is 0 Å². The number of hydrogen-bond donors (Lipinski definition) is 1. The van der Waals surface area contributed by atoms with Crippen molar-refractivity contribution in [3.05, 3.63) is 69.4 Å². The molecule has 180 valence electrons. The first kappa shape index (κ1) is 26.5. The van der Waals surface area contributed by atoms with E-state index in [1.54, 1.807) is 0 Å². The SMILES string of the molecule is CC(C)=CCC/C(C)=C/C=C/C(C)=C/[C@]1(C)CCc2c(C)c(OCC(=O)O)c(C)c(C)c2O1. The molecule has 0 spiro atoms. The first-order valence-electron chi connectivity index (χ1n) is 11.8. The topological polar surface area (TPSA) is 55.8 Å². The molecule has 0 bridgehead atoms. The van der Waals surface area contributed by atoms with Crippen molar-refractivity contribution in [2.75, 3.05) is 6.61 Å². The average Bonchev–Trinajstić information content (AvgIpc) is 2.71. The summed E-state index contributed by atoms with van der Waals surface area (Å²) in [5.74, 6) is 0.603. The molecular weight excluding hydrogens is 412 g/mol. The summed E-state index contributed by atoms with van der Waals surface area (Å²) in [5.41, 5.74) is 7.55. The van der Waals surface area contributed by atoms with Gasteiger partial charge < -0.3 is 14.6 Å². The van der Waals surface area contributed by atoms with Gasteiger partial charge in [-0.1, -0.05) is 41.0 Å². The Labute approximate surface area is 199 Å². The van der Waals surface area contributed by atoms with Gasteiger partial charge in [-0.25, -0.2) is 4.79 Å². The molecule has 4 heteroatoms. The summed E-state index contributed by atoms with van der Waals surface area (Å²) in [7, 11) is 0. The fraction of sp³-hybridized carbons (Fsp3) is 0.483. The number of ether oxygens (including phenoxy) is 2. The predicted molar refractivity (Wildman–Crippen MR) is 136 cm³/mol. The fourth-order valence-corrected chi connectivity index (χ4v) is 4.27. The molecule has 0 saturated carbocycles. The largest absolute Gasteiger partial charge is 0.483 e. The van der Waals surface area contributed by atoms with Crippen LogP contribution in [0.25, 0.3) is 0 Å². The number of allylic oxidation sites excluding steroid dienone is 7. The van der Waals surface area contributed by atoms with Crippen LogP contribution in [0.5, 0.6) is 11.5 Å². The zero-order chi connectivity index (χ0) is 24.8. The normalized spacial score (nSPS) is 18.7. The highest BCUT2D eigenvalue weighted by Crippen LogP contribution is 2.44. The van der Waals surface area contributed by atoms with E-state index in [0.717, 1.165) is 53.7 Å². The van der Waals surface area contributed by atoms with Crippen LogP contribution < -0.4 is 9.47 Å². The lowest BCUT2D eigenvalue weighted by Crippen LogP contribution is -2.35. The first-order valence-corrected chi connectivity index (χ1v) is 11.8. The maximum Gasteiger partial charge on any atom is 0.341 e. The van der Waals surface area contributed by atoms with E-state index in [9.17, 15) is 4.79 Å². The molecule has 4 nitrogen and oxygen atoms in total. The summed E-state index contributed by atoms with van der Waals surface area (Å²) in [4.78, 5) is 11.0. The molecule has 0 amide bonds. The van der Waals surface area contributed by atoms with E-state index < -0.39 is 11.6 Å². The van der Waals surface area contributed by atoms with Crippen LogP contribution in [-0.2, 0) is 11.2 Å². The van der Waals surface area contributed by atoms with Crippen LogP contribution in [0.1, 0.15) is 76.1 Å². The smallest absolute Gasteiger partial charge is 0.341 e. The number of benzene rings is 1. The molecule has 1 heterocycles. The number of fused-ring (bicyclic) bond motifs is 1. The summed E-state index contributed by atoms with van der Waals surface area (Å²) in [6, 6.07) is 0. The lowest BCUT2D eigenvalue weighted by molar-refractivity contribution is -0.139. The Morgan fingerprint density at radius 2 is 1.82 bits per heavy atom. The van der Waals surface area contributed by atoms with Crippen LogP contribution in [0.15, 0.2) is 47.1 Å². The molecule has 1 atom stereocenters. The summed E-state index contributed by atoms with van der Waals surface area (Å²) in [6.07, 6.45) is 14.8. The second-order valence-electron chi connectivity index (χ2n) is 9.69. The number of carboxylic acids is 1. The molecule has 1 aromatic carbocycles. The molecule has 0 saturated heterocycles. The Morgan fingerprint density at radius 3 is 2.45 bits per heavy atom. The Morgan fingerprint density at radius 1 is 1.12 bits per heavy atom. The number of rotatable bonds is 9. The Balaban J connectivity index is 2.18. The van der Waals surface area contributed by atoms with Crippen molar-refractivity contribution in [3.8, 4) is 11.5 Å². The van der Waals surface area contributed by atoms with Crippen molar-refractivity contribution in [2.24, 2.45) is 0 Å². The molecule has 1 aliphatic rings. The van der Waals surface area contributed by atoms with Crippen LogP contribution in [0.2, 0.25) is 0 Å². The molecule has 0 aromatic heterocycles. The summed E-state index contributed by atoms with van der Waals surface area (Å²) < 4.78 is 12.2. The molecule has 33 heavy (non-hydrogen) atoms. The van der Waals surface area contributed by atoms with Crippen LogP contribution in [0.4, 0.5) is 0 Å². The van der Waals surface area contributed by atoms with Gasteiger partial charge in [0.05, 0.1) is 0 Å². The quantitative estimate of drug-likeness (QED) is 0.314. The van der Waals surface area contributed by atoms with E-state index in [0.29, 0.717) is 5.75 Å². The van der Waals surface area contributed by atoms with Crippen molar-refractivity contribution in [1.29, 1.82) is 0 Å². The minimum atomic E-state index is -0.973. The van der Waals surface area contributed by atoms with E-state index in [-0.39, 0.29) is 6.61 Å². The number of carbonyl (C=O) groups is 1. The van der Waals surface area contributed by atoms with Gasteiger partial charge in [0, 0.05) is 5.56 Å². The van der Waals surface area contributed by atoms with Crippen LogP contribution in [0, 0.1) is 20.8 Å². The lowest BCUT2D eigenvalue weighted by atomic mass is 9.86. The van der Waals surface area contributed by atoms with Crippen molar-refractivity contribution in [1.82, 2.24) is 0 Å². The molecule has 0 unspecified atom stereocenters. The van der Waals surface area contributed by atoms with Gasteiger partial charge in [-0.3, -0.25) is 0 Å². The molecule has 1 N–H and O–H groups in total. The van der Waals surface area contributed by atoms with E-state index in [1.807, 2.05) is 20.8 Å². The molecule has 0 radical (unpaired) electrons. The van der Waals surface area contributed by atoms with E-state index in [4.69, 9.17) is 14.6 Å². The Kier molecular flexibility index (Phi) is 9.16. The Hall–Kier alpha value is -2.75. The van der Waals surface area contributed by atoms with Crippen LogP contribution >= 0.6 is 0 Å². The third kappa shape index (κ3) is 7.38. The van der Waals surface area contributed by atoms with Crippen molar-refractivity contribution >= 4 is 5.97 Å². The summed E-state index contributed by atoms with van der Waals surface area (Å²) in [5, 5.41) is 9.00. The van der Waals surface area contributed by atoms with Crippen molar-refractivity contribution in [3.63, 3.8) is 0 Å². The number of aliphatic carboxylic acids is 1. The van der Waals surface area contributed by atoms with Gasteiger partial charge in [0.1, 0.15) is 17.1 Å². The van der Waals surface area contributed by atoms with Gasteiger partial charge in [0.25, 0.3) is 0 Å². The van der Waals surface area contributed by atoms with Crippen molar-refractivity contribution in [2.45, 2.75) is 86.7 Å². The lowest BCUT2D eigenvalue weighted by Gasteiger charge is -2.36. The highest BCUT2D eigenvalue weighted by molar-refractivity contribution is 5.69. The van der Waals surface area contributed by atoms with Gasteiger partial charge >= 0.3 is 5.97 Å². The second kappa shape index (κ2) is 11.4. The van der Waals surface area contributed by atoms with Gasteiger partial charge in [-0.2, -0.15) is 0 Å². The molecular formula is C29H40O4. The molecule has 2 rings (SSSR count). The monoisotopic (exact) mass is 452 g/mol. The Bertz CT molecular complexity index is 1000. The first-order chi connectivity index (χ1) is 15.4. The van der Waals surface area contributed by atoms with E-state index in [2.05, 4.69) is 65.0 Å². The van der Waals surface area contributed by atoms with Gasteiger partial charge in [0.15, 0.2) is 6.61 Å². The second-order valence-corrected chi connectivity index (χ2v) is 9.69. The number of hydrogen-bond acceptors (Lipinski definition) is 3. The third-order valence-corrected chi connectivity index (χ3v) is 6.22. The minimum absolute atomic E-state index is 0.338. The van der Waals surface area contributed by atoms with Crippen molar-refractivity contribution < 1.29 is 19.4 Å². The third-order valence-electron chi connectivity index (χ3n) is 6.22. The maximum absolute atomic E-state index is 11.0. The van der Waals surface area contributed by atoms with Crippen LogP contribution in [0.3, 0.4) is 0 Å². The summed E-state index contributed by atoms with van der Waals surface area (Å²) >= 11 is 0. The molecule has 1 aromatic rings. The van der Waals surface area contributed by atoms with Gasteiger partial charge in [-0.05, 0) is 104 Å².